The molecule has 0 aliphatic carbocycles. The monoisotopic (exact) mass is 300 g/mol. The smallest absolute Gasteiger partial charge is 0.326 e. The summed E-state index contributed by atoms with van der Waals surface area (Å²) in [5.41, 5.74) is -0.604. The van der Waals surface area contributed by atoms with Gasteiger partial charge in [0.2, 0.25) is 0 Å². The molecule has 0 aromatic heterocycles. The van der Waals surface area contributed by atoms with E-state index in [1.807, 2.05) is 0 Å². The van der Waals surface area contributed by atoms with Gasteiger partial charge >= 0.3 is 12.0 Å². The van der Waals surface area contributed by atoms with Gasteiger partial charge in [-0.1, -0.05) is 6.07 Å². The van der Waals surface area contributed by atoms with Gasteiger partial charge < -0.3 is 20.1 Å². The van der Waals surface area contributed by atoms with Crippen molar-refractivity contribution in [3.05, 3.63) is 29.8 Å². The van der Waals surface area contributed by atoms with Crippen LogP contribution in [0.25, 0.3) is 0 Å². The van der Waals surface area contributed by atoms with Gasteiger partial charge in [0.1, 0.15) is 23.4 Å². The van der Waals surface area contributed by atoms with Crippen LogP contribution in [0.15, 0.2) is 18.2 Å². The summed E-state index contributed by atoms with van der Waals surface area (Å²) in [6.45, 7) is 0.0371. The van der Waals surface area contributed by atoms with Crippen molar-refractivity contribution in [2.75, 3.05) is 19.0 Å². The van der Waals surface area contributed by atoms with Crippen molar-refractivity contribution < 1.29 is 28.2 Å². The number of benzene rings is 1. The van der Waals surface area contributed by atoms with Crippen LogP contribution in [0.4, 0.5) is 19.3 Å². The summed E-state index contributed by atoms with van der Waals surface area (Å²) in [6, 6.07) is 1.18. The molecule has 21 heavy (non-hydrogen) atoms. The maximum absolute atomic E-state index is 13.5. The molecule has 2 rings (SSSR count). The first kappa shape index (κ1) is 15.2. The third-order valence-corrected chi connectivity index (χ3v) is 3.34. The standard InChI is InChI=1S/C13H14F2N2O4/c1-21-7-5-10(12(18)19)17(6-7)13(20)16-11-8(14)3-2-4-9(11)15/h2-4,7,10H,5-6H2,1H3,(H,16,20)(H,18,19). The first-order chi connectivity index (χ1) is 9.93. The molecular weight excluding hydrogens is 286 g/mol. The van der Waals surface area contributed by atoms with E-state index >= 15 is 0 Å². The highest BCUT2D eigenvalue weighted by Crippen LogP contribution is 2.23. The highest BCUT2D eigenvalue weighted by atomic mass is 19.1. The van der Waals surface area contributed by atoms with Crippen molar-refractivity contribution in [3.8, 4) is 0 Å². The Morgan fingerprint density at radius 2 is 2.00 bits per heavy atom. The van der Waals surface area contributed by atoms with E-state index in [1.54, 1.807) is 0 Å². The van der Waals surface area contributed by atoms with Crippen molar-refractivity contribution in [3.63, 3.8) is 0 Å². The number of hydrogen-bond acceptors (Lipinski definition) is 3. The van der Waals surface area contributed by atoms with E-state index in [9.17, 15) is 18.4 Å². The summed E-state index contributed by atoms with van der Waals surface area (Å²) in [5, 5.41) is 11.2. The van der Waals surface area contributed by atoms with Crippen molar-refractivity contribution in [1.29, 1.82) is 0 Å². The van der Waals surface area contributed by atoms with Crippen LogP contribution in [0, 0.1) is 11.6 Å². The number of carboxylic acids is 1. The van der Waals surface area contributed by atoms with Crippen LogP contribution in [0.1, 0.15) is 6.42 Å². The molecule has 1 saturated heterocycles. The van der Waals surface area contributed by atoms with Gasteiger partial charge in [-0.25, -0.2) is 18.4 Å². The summed E-state index contributed by atoms with van der Waals surface area (Å²) in [4.78, 5) is 24.2. The van der Waals surface area contributed by atoms with E-state index in [0.717, 1.165) is 23.1 Å². The number of nitrogens with one attached hydrogen (secondary N) is 1. The minimum absolute atomic E-state index is 0.0371. The number of carbonyl (C=O) groups excluding carboxylic acids is 1. The number of para-hydroxylation sites is 1. The molecule has 0 saturated carbocycles. The second kappa shape index (κ2) is 6.04. The topological polar surface area (TPSA) is 78.9 Å². The Morgan fingerprint density at radius 3 is 2.52 bits per heavy atom. The molecule has 1 aliphatic rings. The average Bonchev–Trinajstić information content (AvgIpc) is 2.87. The van der Waals surface area contributed by atoms with Crippen LogP contribution in [0.2, 0.25) is 0 Å². The molecular formula is C13H14F2N2O4. The predicted octanol–water partition coefficient (Wildman–Crippen LogP) is 1.67. The number of hydrogen-bond donors (Lipinski definition) is 2. The van der Waals surface area contributed by atoms with E-state index in [2.05, 4.69) is 5.32 Å². The third-order valence-electron chi connectivity index (χ3n) is 3.34. The highest BCUT2D eigenvalue weighted by Gasteiger charge is 2.40. The number of urea groups is 1. The predicted molar refractivity (Wildman–Crippen MR) is 68.9 cm³/mol. The Hall–Kier alpha value is -2.22. The normalized spacial score (nSPS) is 21.4. The van der Waals surface area contributed by atoms with Gasteiger partial charge in [-0.3, -0.25) is 0 Å². The fraction of sp³-hybridized carbons (Fsp3) is 0.385. The van der Waals surface area contributed by atoms with Gasteiger partial charge in [0.15, 0.2) is 0 Å². The molecule has 0 bridgehead atoms. The molecule has 0 radical (unpaired) electrons. The quantitative estimate of drug-likeness (QED) is 0.890. The molecule has 2 N–H and O–H groups in total. The zero-order valence-corrected chi connectivity index (χ0v) is 11.2. The minimum atomic E-state index is -1.20. The molecule has 2 amide bonds. The fourth-order valence-corrected chi connectivity index (χ4v) is 2.22. The van der Waals surface area contributed by atoms with Gasteiger partial charge in [0.05, 0.1) is 6.10 Å². The molecule has 1 heterocycles. The van der Waals surface area contributed by atoms with Crippen molar-refractivity contribution >= 4 is 17.7 Å². The summed E-state index contributed by atoms with van der Waals surface area (Å²) < 4.78 is 32.0. The molecule has 2 unspecified atom stereocenters. The number of methoxy groups -OCH3 is 1. The summed E-state index contributed by atoms with van der Waals surface area (Å²) in [5.74, 6) is -3.06. The number of carbonyl (C=O) groups is 2. The number of ether oxygens (including phenoxy) is 1. The van der Waals surface area contributed by atoms with Crippen molar-refractivity contribution in [2.45, 2.75) is 18.6 Å². The van der Waals surface area contributed by atoms with E-state index in [4.69, 9.17) is 9.84 Å². The van der Waals surface area contributed by atoms with E-state index in [1.165, 1.54) is 7.11 Å². The largest absolute Gasteiger partial charge is 0.480 e. The molecule has 0 spiro atoms. The molecule has 6 nitrogen and oxygen atoms in total. The lowest BCUT2D eigenvalue weighted by Crippen LogP contribution is -2.43. The van der Waals surface area contributed by atoms with Crippen molar-refractivity contribution in [1.82, 2.24) is 4.90 Å². The Kier molecular flexibility index (Phi) is 4.37. The number of likely N-dealkylation sites (tertiary alicyclic amines) is 1. The molecule has 1 aromatic carbocycles. The lowest BCUT2D eigenvalue weighted by atomic mass is 10.2. The number of aliphatic carboxylic acids is 1. The van der Waals surface area contributed by atoms with E-state index in [0.29, 0.717) is 0 Å². The van der Waals surface area contributed by atoms with Crippen molar-refractivity contribution in [2.24, 2.45) is 0 Å². The SMILES string of the molecule is COC1CC(C(=O)O)N(C(=O)Nc2c(F)cccc2F)C1. The number of anilines is 1. The summed E-state index contributed by atoms with van der Waals surface area (Å²) in [6.07, 6.45) is -0.304. The second-order valence-corrected chi connectivity index (χ2v) is 4.63. The first-order valence-electron chi connectivity index (χ1n) is 6.21. The molecule has 2 atom stereocenters. The van der Waals surface area contributed by atoms with Crippen LogP contribution in [0.3, 0.4) is 0 Å². The summed E-state index contributed by atoms with van der Waals surface area (Å²) in [7, 11) is 1.40. The minimum Gasteiger partial charge on any atom is -0.480 e. The molecule has 1 fully saturated rings. The van der Waals surface area contributed by atoms with E-state index in [-0.39, 0.29) is 13.0 Å². The lowest BCUT2D eigenvalue weighted by molar-refractivity contribution is -0.141. The van der Waals surface area contributed by atoms with Crippen LogP contribution >= 0.6 is 0 Å². The maximum Gasteiger partial charge on any atom is 0.326 e. The van der Waals surface area contributed by atoms with Gasteiger partial charge in [-0.15, -0.1) is 0 Å². The first-order valence-corrected chi connectivity index (χ1v) is 6.21. The van der Waals surface area contributed by atoms with Gasteiger partial charge in [0.25, 0.3) is 0 Å². The Labute approximate surface area is 119 Å². The molecule has 1 aromatic rings. The van der Waals surface area contributed by atoms with Crippen LogP contribution in [-0.2, 0) is 9.53 Å². The lowest BCUT2D eigenvalue weighted by Gasteiger charge is -2.21. The number of carboxylic acid groups (broad SMARTS) is 1. The van der Waals surface area contributed by atoms with E-state index < -0.39 is 41.5 Å². The zero-order chi connectivity index (χ0) is 15.6. The Morgan fingerprint density at radius 1 is 1.38 bits per heavy atom. The van der Waals surface area contributed by atoms with Crippen LogP contribution in [-0.4, -0.2) is 47.8 Å². The van der Waals surface area contributed by atoms with Crippen LogP contribution in [0.5, 0.6) is 0 Å². The molecule has 114 valence electrons. The number of nitrogens with zero attached hydrogens (tertiary/aromatic N) is 1. The Bertz CT molecular complexity index is 547. The van der Waals surface area contributed by atoms with Gasteiger partial charge in [0, 0.05) is 20.1 Å². The highest BCUT2D eigenvalue weighted by molar-refractivity contribution is 5.93. The van der Waals surface area contributed by atoms with Gasteiger partial charge in [-0.05, 0) is 12.1 Å². The van der Waals surface area contributed by atoms with Gasteiger partial charge in [-0.2, -0.15) is 0 Å². The average molecular weight is 300 g/mol. The molecule has 8 heteroatoms. The number of amides is 2. The second-order valence-electron chi connectivity index (χ2n) is 4.63. The fourth-order valence-electron chi connectivity index (χ4n) is 2.22. The number of halogens is 2. The van der Waals surface area contributed by atoms with Crippen LogP contribution < -0.4 is 5.32 Å². The summed E-state index contributed by atoms with van der Waals surface area (Å²) >= 11 is 0. The maximum atomic E-state index is 13.5. The molecule has 1 aliphatic heterocycles. The Balaban J connectivity index is 2.17. The number of rotatable bonds is 3. The third kappa shape index (κ3) is 3.10. The zero-order valence-electron chi connectivity index (χ0n) is 11.2.